The molecule has 108 valence electrons. The Morgan fingerprint density at radius 2 is 2.15 bits per heavy atom. The highest BCUT2D eigenvalue weighted by molar-refractivity contribution is 5.43. The summed E-state index contributed by atoms with van der Waals surface area (Å²) >= 11 is 0. The summed E-state index contributed by atoms with van der Waals surface area (Å²) in [5, 5.41) is 7.54. The standard InChI is InChI=1S/C14H20N4O2/c1-11(13-6-7-16-18(13)2)17-12-4-5-14(15-10-12)20-9-8-19-3/h4-7,10-11,17H,8-9H2,1-3H3. The zero-order valence-corrected chi connectivity index (χ0v) is 12.0. The van der Waals surface area contributed by atoms with Crippen LogP contribution in [-0.2, 0) is 11.8 Å². The number of hydrogen-bond acceptors (Lipinski definition) is 5. The van der Waals surface area contributed by atoms with Gasteiger partial charge in [-0.1, -0.05) is 0 Å². The maximum atomic E-state index is 5.42. The zero-order valence-electron chi connectivity index (χ0n) is 12.0. The molecule has 0 aliphatic carbocycles. The molecule has 1 unspecified atom stereocenters. The van der Waals surface area contributed by atoms with E-state index in [4.69, 9.17) is 9.47 Å². The molecule has 1 N–H and O–H groups in total. The smallest absolute Gasteiger partial charge is 0.213 e. The molecule has 0 aliphatic heterocycles. The Hall–Kier alpha value is -2.08. The van der Waals surface area contributed by atoms with Crippen molar-refractivity contribution in [2.24, 2.45) is 7.05 Å². The number of rotatable bonds is 7. The number of aromatic nitrogens is 3. The molecular formula is C14H20N4O2. The zero-order chi connectivity index (χ0) is 14.4. The second kappa shape index (κ2) is 6.91. The van der Waals surface area contributed by atoms with Crippen molar-refractivity contribution in [1.29, 1.82) is 0 Å². The molecule has 0 saturated carbocycles. The first-order valence-corrected chi connectivity index (χ1v) is 6.53. The molecule has 6 nitrogen and oxygen atoms in total. The summed E-state index contributed by atoms with van der Waals surface area (Å²) in [6, 6.07) is 5.94. The minimum absolute atomic E-state index is 0.157. The average Bonchev–Trinajstić information content (AvgIpc) is 2.87. The molecule has 0 fully saturated rings. The summed E-state index contributed by atoms with van der Waals surface area (Å²) < 4.78 is 12.2. The van der Waals surface area contributed by atoms with Gasteiger partial charge in [-0.25, -0.2) is 4.98 Å². The van der Waals surface area contributed by atoms with Gasteiger partial charge in [0.05, 0.1) is 30.2 Å². The quantitative estimate of drug-likeness (QED) is 0.784. The van der Waals surface area contributed by atoms with E-state index in [1.165, 1.54) is 0 Å². The normalized spacial score (nSPS) is 12.2. The number of methoxy groups -OCH3 is 1. The predicted molar refractivity (Wildman–Crippen MR) is 76.9 cm³/mol. The third kappa shape index (κ3) is 3.71. The van der Waals surface area contributed by atoms with Crippen molar-refractivity contribution in [3.8, 4) is 5.88 Å². The summed E-state index contributed by atoms with van der Waals surface area (Å²) in [4.78, 5) is 4.24. The van der Waals surface area contributed by atoms with Gasteiger partial charge in [-0.2, -0.15) is 5.10 Å². The molecule has 0 aromatic carbocycles. The summed E-state index contributed by atoms with van der Waals surface area (Å²) in [6.07, 6.45) is 3.55. The number of nitrogens with one attached hydrogen (secondary N) is 1. The van der Waals surface area contributed by atoms with E-state index in [9.17, 15) is 0 Å². The number of nitrogens with zero attached hydrogens (tertiary/aromatic N) is 3. The molecule has 0 aliphatic rings. The number of anilines is 1. The van der Waals surface area contributed by atoms with Crippen molar-refractivity contribution in [3.05, 3.63) is 36.3 Å². The maximum absolute atomic E-state index is 5.42. The SMILES string of the molecule is COCCOc1ccc(NC(C)c2ccnn2C)cn1. The third-order valence-corrected chi connectivity index (χ3v) is 2.96. The molecule has 1 atom stereocenters. The molecule has 0 bridgehead atoms. The predicted octanol–water partition coefficient (Wildman–Crippen LogP) is 2.01. The van der Waals surface area contributed by atoms with Crippen molar-refractivity contribution >= 4 is 5.69 Å². The van der Waals surface area contributed by atoms with Gasteiger partial charge in [-0.05, 0) is 19.1 Å². The van der Waals surface area contributed by atoms with Gasteiger partial charge >= 0.3 is 0 Å². The summed E-state index contributed by atoms with van der Waals surface area (Å²) in [5.41, 5.74) is 2.06. The molecule has 0 amide bonds. The lowest BCUT2D eigenvalue weighted by Crippen LogP contribution is -2.11. The van der Waals surface area contributed by atoms with E-state index in [1.807, 2.05) is 29.9 Å². The highest BCUT2D eigenvalue weighted by Gasteiger charge is 2.09. The Morgan fingerprint density at radius 3 is 2.75 bits per heavy atom. The van der Waals surface area contributed by atoms with Crippen molar-refractivity contribution in [3.63, 3.8) is 0 Å². The molecule has 2 heterocycles. The highest BCUT2D eigenvalue weighted by atomic mass is 16.5. The van der Waals surface area contributed by atoms with Crippen molar-refractivity contribution in [1.82, 2.24) is 14.8 Å². The Kier molecular flexibility index (Phi) is 4.95. The lowest BCUT2D eigenvalue weighted by atomic mass is 10.2. The lowest BCUT2D eigenvalue weighted by molar-refractivity contribution is 0.144. The van der Waals surface area contributed by atoms with E-state index >= 15 is 0 Å². The molecule has 0 saturated heterocycles. The van der Waals surface area contributed by atoms with Crippen LogP contribution in [0.25, 0.3) is 0 Å². The minimum Gasteiger partial charge on any atom is -0.475 e. The van der Waals surface area contributed by atoms with Gasteiger partial charge in [0, 0.05) is 26.4 Å². The van der Waals surface area contributed by atoms with Crippen LogP contribution in [0, 0.1) is 0 Å². The summed E-state index contributed by atoms with van der Waals surface area (Å²) in [6.45, 7) is 3.14. The van der Waals surface area contributed by atoms with Gasteiger partial charge in [0.2, 0.25) is 5.88 Å². The van der Waals surface area contributed by atoms with Crippen molar-refractivity contribution in [2.45, 2.75) is 13.0 Å². The molecule has 20 heavy (non-hydrogen) atoms. The first kappa shape index (κ1) is 14.3. The van der Waals surface area contributed by atoms with Crippen LogP contribution in [0.2, 0.25) is 0 Å². The van der Waals surface area contributed by atoms with Gasteiger partial charge in [0.15, 0.2) is 0 Å². The van der Waals surface area contributed by atoms with Crippen LogP contribution in [0.4, 0.5) is 5.69 Å². The number of ether oxygens (including phenoxy) is 2. The van der Waals surface area contributed by atoms with E-state index < -0.39 is 0 Å². The van der Waals surface area contributed by atoms with Gasteiger partial charge in [-0.3, -0.25) is 4.68 Å². The van der Waals surface area contributed by atoms with Crippen LogP contribution < -0.4 is 10.1 Å². The van der Waals surface area contributed by atoms with E-state index in [-0.39, 0.29) is 6.04 Å². The number of aryl methyl sites for hydroxylation is 1. The first-order chi connectivity index (χ1) is 9.70. The molecule has 6 heteroatoms. The molecule has 2 aromatic heterocycles. The lowest BCUT2D eigenvalue weighted by Gasteiger charge is -2.15. The van der Waals surface area contributed by atoms with Gasteiger partial charge in [0.25, 0.3) is 0 Å². The fourth-order valence-corrected chi connectivity index (χ4v) is 1.91. The van der Waals surface area contributed by atoms with E-state index in [2.05, 4.69) is 22.3 Å². The average molecular weight is 276 g/mol. The van der Waals surface area contributed by atoms with Crippen LogP contribution in [-0.4, -0.2) is 35.1 Å². The first-order valence-electron chi connectivity index (χ1n) is 6.53. The van der Waals surface area contributed by atoms with E-state index in [1.54, 1.807) is 19.5 Å². The minimum atomic E-state index is 0.157. The largest absolute Gasteiger partial charge is 0.475 e. The van der Waals surface area contributed by atoms with E-state index in [0.717, 1.165) is 11.4 Å². The number of hydrogen-bond donors (Lipinski definition) is 1. The van der Waals surface area contributed by atoms with Crippen LogP contribution in [0.3, 0.4) is 0 Å². The molecular weight excluding hydrogens is 256 g/mol. The highest BCUT2D eigenvalue weighted by Crippen LogP contribution is 2.19. The molecule has 2 rings (SSSR count). The second-order valence-electron chi connectivity index (χ2n) is 4.47. The topological polar surface area (TPSA) is 61.2 Å². The Morgan fingerprint density at radius 1 is 1.30 bits per heavy atom. The summed E-state index contributed by atoms with van der Waals surface area (Å²) in [5.74, 6) is 0.598. The Balaban J connectivity index is 1.92. The van der Waals surface area contributed by atoms with Gasteiger partial charge < -0.3 is 14.8 Å². The number of pyridine rings is 1. The van der Waals surface area contributed by atoms with Gasteiger partial charge in [-0.15, -0.1) is 0 Å². The fraction of sp³-hybridized carbons (Fsp3) is 0.429. The summed E-state index contributed by atoms with van der Waals surface area (Å²) in [7, 11) is 3.57. The maximum Gasteiger partial charge on any atom is 0.213 e. The van der Waals surface area contributed by atoms with Crippen molar-refractivity contribution < 1.29 is 9.47 Å². The fourth-order valence-electron chi connectivity index (χ4n) is 1.91. The Bertz CT molecular complexity index is 524. The van der Waals surface area contributed by atoms with Crippen molar-refractivity contribution in [2.75, 3.05) is 25.6 Å². The van der Waals surface area contributed by atoms with Gasteiger partial charge in [0.1, 0.15) is 6.61 Å². The second-order valence-corrected chi connectivity index (χ2v) is 4.47. The Labute approximate surface area is 118 Å². The monoisotopic (exact) mass is 276 g/mol. The third-order valence-electron chi connectivity index (χ3n) is 2.96. The van der Waals surface area contributed by atoms with Crippen LogP contribution >= 0.6 is 0 Å². The van der Waals surface area contributed by atoms with Crippen LogP contribution in [0.15, 0.2) is 30.6 Å². The molecule has 0 radical (unpaired) electrons. The van der Waals surface area contributed by atoms with E-state index in [0.29, 0.717) is 19.1 Å². The molecule has 0 spiro atoms. The molecule has 2 aromatic rings. The van der Waals surface area contributed by atoms with Crippen LogP contribution in [0.1, 0.15) is 18.7 Å². The van der Waals surface area contributed by atoms with Crippen LogP contribution in [0.5, 0.6) is 5.88 Å².